The summed E-state index contributed by atoms with van der Waals surface area (Å²) in [7, 11) is 19.8. The van der Waals surface area contributed by atoms with Crippen molar-refractivity contribution >= 4 is 145 Å². The predicted molar refractivity (Wildman–Crippen MR) is 160 cm³/mol. The van der Waals surface area contributed by atoms with E-state index in [-0.39, 0.29) is 0 Å². The average Bonchev–Trinajstić information content (AvgIpc) is 2.63. The molecule has 0 atom stereocenters. The summed E-state index contributed by atoms with van der Waals surface area (Å²) in [4.78, 5) is 0. The van der Waals surface area contributed by atoms with Gasteiger partial charge in [-0.1, -0.05) is 108 Å². The zero-order valence-corrected chi connectivity index (χ0v) is 24.6. The zero-order chi connectivity index (χ0) is 18.3. The minimum Gasteiger partial charge on any atom is -0.178 e. The Labute approximate surface area is 209 Å². The van der Waals surface area contributed by atoms with Gasteiger partial charge in [-0.3, -0.25) is 0 Å². The molecular formula is C12H26S13. The molecule has 0 rings (SSSR count). The number of hydrogen-bond donors (Lipinski definition) is 2. The van der Waals surface area contributed by atoms with E-state index in [0.717, 1.165) is 23.0 Å². The molecule has 0 nitrogen and oxygen atoms in total. The molecule has 0 spiro atoms. The Kier molecular flexibility index (Phi) is 33.7. The maximum Gasteiger partial charge on any atom is 0.0600 e. The summed E-state index contributed by atoms with van der Waals surface area (Å²) in [6.07, 6.45) is 0. The van der Waals surface area contributed by atoms with Crippen molar-refractivity contribution in [1.29, 1.82) is 0 Å². The van der Waals surface area contributed by atoms with E-state index in [1.54, 1.807) is 0 Å². The lowest BCUT2D eigenvalue weighted by atomic mass is 10.9. The Hall–Kier alpha value is 4.55. The van der Waals surface area contributed by atoms with Crippen LogP contribution in [0, 0.1) is 0 Å². The summed E-state index contributed by atoms with van der Waals surface area (Å²) in [6, 6.07) is 0. The first-order chi connectivity index (χ1) is 12.4. The van der Waals surface area contributed by atoms with Gasteiger partial charge < -0.3 is 0 Å². The molecule has 0 N–H and O–H groups in total. The fourth-order valence-corrected chi connectivity index (χ4v) is 17.1. The van der Waals surface area contributed by atoms with Gasteiger partial charge in [-0.15, -0.1) is 0 Å². The van der Waals surface area contributed by atoms with Crippen LogP contribution >= 0.6 is 145 Å². The molecular weight excluding hydrogens is 561 g/mol. The molecule has 0 radical (unpaired) electrons. The van der Waals surface area contributed by atoms with Crippen LogP contribution in [0.25, 0.3) is 0 Å². The predicted octanol–water partition coefficient (Wildman–Crippen LogP) is 8.40. The van der Waals surface area contributed by atoms with E-state index in [1.807, 2.05) is 108 Å². The second-order valence-corrected chi connectivity index (χ2v) is 19.6. The molecule has 0 aliphatic rings. The van der Waals surface area contributed by atoms with Gasteiger partial charge in [0.05, 0.1) is 10.2 Å². The molecule has 0 bridgehead atoms. The molecule has 0 aromatic heterocycles. The van der Waals surface area contributed by atoms with Gasteiger partial charge in [-0.2, -0.15) is 37.0 Å². The van der Waals surface area contributed by atoms with Crippen molar-refractivity contribution in [1.82, 2.24) is 0 Å². The summed E-state index contributed by atoms with van der Waals surface area (Å²) in [5.74, 6) is 11.9. The van der Waals surface area contributed by atoms with E-state index in [0.29, 0.717) is 0 Å². The van der Waals surface area contributed by atoms with Crippen LogP contribution in [0.15, 0.2) is 0 Å². The van der Waals surface area contributed by atoms with E-state index in [4.69, 9.17) is 0 Å². The third kappa shape index (κ3) is 28.6. The molecule has 0 aromatic rings. The third-order valence-corrected chi connectivity index (χ3v) is 18.2. The quantitative estimate of drug-likeness (QED) is 0.0543. The molecule has 0 amide bonds. The molecule has 0 saturated carbocycles. The highest BCUT2D eigenvalue weighted by Crippen LogP contribution is 2.34. The van der Waals surface area contributed by atoms with Crippen molar-refractivity contribution in [2.75, 3.05) is 67.7 Å². The Morgan fingerprint density at radius 1 is 0.360 bits per heavy atom. The summed E-state index contributed by atoms with van der Waals surface area (Å²) in [5, 5.41) is 2.37. The van der Waals surface area contributed by atoms with Crippen LogP contribution in [0.2, 0.25) is 0 Å². The summed E-state index contributed by atoms with van der Waals surface area (Å²) < 4.78 is 0. The summed E-state index contributed by atoms with van der Waals surface area (Å²) >= 11 is 10.5. The number of thioether (sulfide) groups is 1. The third-order valence-electron chi connectivity index (χ3n) is 1.83. The van der Waals surface area contributed by atoms with Crippen molar-refractivity contribution in [3.63, 3.8) is 0 Å². The topological polar surface area (TPSA) is 0 Å². The van der Waals surface area contributed by atoms with Crippen molar-refractivity contribution in [3.05, 3.63) is 0 Å². The lowest BCUT2D eigenvalue weighted by Crippen LogP contribution is -1.88. The van der Waals surface area contributed by atoms with Gasteiger partial charge in [0.2, 0.25) is 0 Å². The minimum atomic E-state index is 0.981. The Morgan fingerprint density at radius 3 is 1.08 bits per heavy atom. The fraction of sp³-hybridized carbons (Fsp3) is 1.00. The maximum atomic E-state index is 4.21. The van der Waals surface area contributed by atoms with Crippen LogP contribution in [0.5, 0.6) is 0 Å². The van der Waals surface area contributed by atoms with Crippen LogP contribution in [0.4, 0.5) is 0 Å². The smallest absolute Gasteiger partial charge is 0.0600 e. The van der Waals surface area contributed by atoms with Crippen molar-refractivity contribution in [2.24, 2.45) is 0 Å². The highest BCUT2D eigenvalue weighted by molar-refractivity contribution is 8.85. The molecule has 13 heteroatoms. The lowest BCUT2D eigenvalue weighted by Gasteiger charge is -2.03. The lowest BCUT2D eigenvalue weighted by molar-refractivity contribution is 1.50. The fourth-order valence-electron chi connectivity index (χ4n) is 0.959. The first-order valence-corrected chi connectivity index (χ1v) is 22.3. The molecule has 0 aromatic carbocycles. The SMILES string of the molecule is SCCSSCSSCCSCCSSCCSSCSSCCS. The van der Waals surface area contributed by atoms with Crippen molar-refractivity contribution in [3.8, 4) is 0 Å². The molecule has 0 saturated heterocycles. The molecule has 0 aliphatic heterocycles. The number of hydrogen-bond acceptors (Lipinski definition) is 13. The van der Waals surface area contributed by atoms with Gasteiger partial charge in [0.25, 0.3) is 0 Å². The van der Waals surface area contributed by atoms with E-state index in [9.17, 15) is 0 Å². The Balaban J connectivity index is 2.94. The van der Waals surface area contributed by atoms with E-state index < -0.39 is 0 Å². The second kappa shape index (κ2) is 28.5. The molecule has 25 heavy (non-hydrogen) atoms. The van der Waals surface area contributed by atoms with Crippen LogP contribution in [0.3, 0.4) is 0 Å². The molecule has 0 heterocycles. The van der Waals surface area contributed by atoms with E-state index in [2.05, 4.69) is 37.0 Å². The second-order valence-electron chi connectivity index (χ2n) is 3.70. The first kappa shape index (κ1) is 29.5. The van der Waals surface area contributed by atoms with Gasteiger partial charge >= 0.3 is 0 Å². The minimum absolute atomic E-state index is 0.981. The van der Waals surface area contributed by atoms with Crippen molar-refractivity contribution < 1.29 is 0 Å². The largest absolute Gasteiger partial charge is 0.178 e. The van der Waals surface area contributed by atoms with E-state index >= 15 is 0 Å². The van der Waals surface area contributed by atoms with Crippen LogP contribution in [-0.4, -0.2) is 67.7 Å². The van der Waals surface area contributed by atoms with Gasteiger partial charge in [-0.05, 0) is 0 Å². The van der Waals surface area contributed by atoms with Gasteiger partial charge in [0.1, 0.15) is 0 Å². The number of rotatable bonds is 22. The average molecular weight is 587 g/mol. The standard InChI is InChI=1S/C12H26S13/c13-1-3-16-22-11-24-20-8-6-15-5-7-18-19-9-10-21-25-12-23-17-4-2-14/h13-14H,1-12H2. The van der Waals surface area contributed by atoms with Crippen molar-refractivity contribution in [2.45, 2.75) is 0 Å². The first-order valence-electron chi connectivity index (χ1n) is 7.43. The monoisotopic (exact) mass is 586 g/mol. The number of thiol groups is 2. The van der Waals surface area contributed by atoms with Gasteiger partial charge in [0.15, 0.2) is 0 Å². The summed E-state index contributed by atoms with van der Waals surface area (Å²) in [6.45, 7) is 0. The highest BCUT2D eigenvalue weighted by Gasteiger charge is 1.96. The Bertz CT molecular complexity index is 211. The van der Waals surface area contributed by atoms with Crippen LogP contribution in [-0.2, 0) is 0 Å². The summed E-state index contributed by atoms with van der Waals surface area (Å²) in [5.41, 5.74) is 0. The molecule has 0 fully saturated rings. The van der Waals surface area contributed by atoms with E-state index in [1.165, 1.54) is 44.7 Å². The van der Waals surface area contributed by atoms with Gasteiger partial charge in [-0.25, -0.2) is 0 Å². The molecule has 0 unspecified atom stereocenters. The highest BCUT2D eigenvalue weighted by atomic mass is 33.1. The molecule has 0 aliphatic carbocycles. The van der Waals surface area contributed by atoms with Crippen LogP contribution in [0.1, 0.15) is 0 Å². The molecule has 152 valence electrons. The van der Waals surface area contributed by atoms with Gasteiger partial charge in [0, 0.05) is 57.5 Å². The Morgan fingerprint density at radius 2 is 0.680 bits per heavy atom. The normalized spacial score (nSPS) is 11.3. The zero-order valence-electron chi connectivity index (χ0n) is 13.9. The van der Waals surface area contributed by atoms with Crippen LogP contribution < -0.4 is 0 Å². The maximum absolute atomic E-state index is 4.21.